The minimum Gasteiger partial charge on any atom is -0.268 e. The third-order valence-electron chi connectivity index (χ3n) is 4.43. The first kappa shape index (κ1) is 20.0. The molecule has 2 N–H and O–H groups in total. The molecule has 0 saturated heterocycles. The quantitative estimate of drug-likeness (QED) is 0.181. The van der Waals surface area contributed by atoms with Crippen LogP contribution in [0.2, 0.25) is 5.02 Å². The summed E-state index contributed by atoms with van der Waals surface area (Å²) in [6, 6.07) is 26.9. The van der Waals surface area contributed by atoms with Crippen LogP contribution >= 0.6 is 22.9 Å². The molecule has 0 unspecified atom stereocenters. The third-order valence-corrected chi connectivity index (χ3v) is 5.79. The number of nitrogens with zero attached hydrogens (tertiary/aromatic N) is 2. The zero-order valence-corrected chi connectivity index (χ0v) is 17.5. The van der Waals surface area contributed by atoms with E-state index in [0.29, 0.717) is 10.2 Å². The number of amides is 1. The number of anilines is 1. The number of thiazole rings is 1. The van der Waals surface area contributed by atoms with Crippen LogP contribution < -0.4 is 10.9 Å². The second kappa shape index (κ2) is 9.05. The Morgan fingerprint density at radius 1 is 0.900 bits per heavy atom. The van der Waals surface area contributed by atoms with E-state index in [1.54, 1.807) is 6.08 Å². The van der Waals surface area contributed by atoms with Crippen molar-refractivity contribution in [3.8, 4) is 21.7 Å². The number of carbonyl (C=O) groups excluding carboxylic acids is 1. The Morgan fingerprint density at radius 2 is 1.53 bits per heavy atom. The molecule has 0 saturated carbocycles. The number of hydrogen-bond donors (Lipinski definition) is 1. The monoisotopic (exact) mass is 431 g/mol. The maximum Gasteiger partial charge on any atom is 0.267 e. The van der Waals surface area contributed by atoms with Crippen molar-refractivity contribution in [2.24, 2.45) is 5.84 Å². The lowest BCUT2D eigenvalue weighted by molar-refractivity contribution is -0.114. The van der Waals surface area contributed by atoms with Gasteiger partial charge in [-0.25, -0.2) is 15.8 Å². The van der Waals surface area contributed by atoms with Crippen molar-refractivity contribution >= 4 is 40.1 Å². The summed E-state index contributed by atoms with van der Waals surface area (Å²) in [7, 11) is 0. The fourth-order valence-corrected chi connectivity index (χ4v) is 4.05. The molecule has 4 aromatic rings. The fourth-order valence-electron chi connectivity index (χ4n) is 2.91. The molecule has 4 rings (SSSR count). The van der Waals surface area contributed by atoms with Gasteiger partial charge in [0.1, 0.15) is 0 Å². The van der Waals surface area contributed by atoms with E-state index in [4.69, 9.17) is 17.4 Å². The molecule has 0 atom stereocenters. The van der Waals surface area contributed by atoms with Gasteiger partial charge >= 0.3 is 0 Å². The van der Waals surface area contributed by atoms with E-state index < -0.39 is 0 Å². The van der Waals surface area contributed by atoms with E-state index in [1.165, 1.54) is 17.4 Å². The second-order valence-electron chi connectivity index (χ2n) is 6.50. The van der Waals surface area contributed by atoms with Crippen LogP contribution in [0.15, 0.2) is 91.0 Å². The maximum atomic E-state index is 12.6. The lowest BCUT2D eigenvalue weighted by Gasteiger charge is -2.09. The largest absolute Gasteiger partial charge is 0.268 e. The molecule has 4 nitrogen and oxygen atoms in total. The van der Waals surface area contributed by atoms with Crippen molar-refractivity contribution in [3.05, 3.63) is 102 Å². The molecule has 3 aromatic carbocycles. The number of benzene rings is 3. The van der Waals surface area contributed by atoms with Crippen molar-refractivity contribution in [1.82, 2.24) is 4.98 Å². The van der Waals surface area contributed by atoms with Gasteiger partial charge < -0.3 is 0 Å². The molecule has 6 heteroatoms. The second-order valence-corrected chi connectivity index (χ2v) is 7.91. The molecular weight excluding hydrogens is 414 g/mol. The first-order valence-electron chi connectivity index (χ1n) is 9.26. The van der Waals surface area contributed by atoms with Gasteiger partial charge in [0.25, 0.3) is 5.91 Å². The molecule has 0 bridgehead atoms. The fraction of sp³-hybridized carbons (Fsp3) is 0. The van der Waals surface area contributed by atoms with Gasteiger partial charge in [0.15, 0.2) is 0 Å². The van der Waals surface area contributed by atoms with Gasteiger partial charge in [-0.15, -0.1) is 0 Å². The van der Waals surface area contributed by atoms with Gasteiger partial charge in [-0.1, -0.05) is 95.7 Å². The summed E-state index contributed by atoms with van der Waals surface area (Å²) in [4.78, 5) is 18.2. The standard InChI is InChI=1S/C24H18ClN3OS/c25-20-14-12-19(13-15-20)23-22(18-9-5-2-6-10-18)27-24(30-23)28(26)21(29)16-11-17-7-3-1-4-8-17/h1-16H,26H2. The summed E-state index contributed by atoms with van der Waals surface area (Å²) in [5.41, 5.74) is 3.60. The van der Waals surface area contributed by atoms with Gasteiger partial charge in [-0.3, -0.25) is 4.79 Å². The van der Waals surface area contributed by atoms with E-state index in [2.05, 4.69) is 4.98 Å². The number of aromatic nitrogens is 1. The lowest BCUT2D eigenvalue weighted by Crippen LogP contribution is -2.36. The van der Waals surface area contributed by atoms with Crippen molar-refractivity contribution in [1.29, 1.82) is 0 Å². The van der Waals surface area contributed by atoms with Gasteiger partial charge in [0.2, 0.25) is 5.13 Å². The van der Waals surface area contributed by atoms with Crippen molar-refractivity contribution in [3.63, 3.8) is 0 Å². The van der Waals surface area contributed by atoms with Gasteiger partial charge in [-0.2, -0.15) is 0 Å². The number of rotatable bonds is 5. The molecule has 1 aromatic heterocycles. The summed E-state index contributed by atoms with van der Waals surface area (Å²) in [6.07, 6.45) is 3.18. The normalized spacial score (nSPS) is 11.0. The van der Waals surface area contributed by atoms with Gasteiger partial charge in [0.05, 0.1) is 10.6 Å². The Hall–Kier alpha value is -3.25. The average Bonchev–Trinajstić information content (AvgIpc) is 3.24. The Kier molecular flexibility index (Phi) is 6.05. The zero-order valence-electron chi connectivity index (χ0n) is 15.9. The van der Waals surface area contributed by atoms with Crippen molar-refractivity contribution < 1.29 is 4.79 Å². The predicted molar refractivity (Wildman–Crippen MR) is 125 cm³/mol. The highest BCUT2D eigenvalue weighted by atomic mass is 35.5. The highest BCUT2D eigenvalue weighted by Gasteiger charge is 2.20. The Bertz CT molecular complexity index is 1170. The Morgan fingerprint density at radius 3 is 2.20 bits per heavy atom. The van der Waals surface area contributed by atoms with Crippen LogP contribution in [0.4, 0.5) is 5.13 Å². The van der Waals surface area contributed by atoms with Crippen LogP contribution in [0, 0.1) is 0 Å². The highest BCUT2D eigenvalue weighted by molar-refractivity contribution is 7.19. The van der Waals surface area contributed by atoms with E-state index in [9.17, 15) is 4.79 Å². The minimum absolute atomic E-state index is 0.352. The van der Waals surface area contributed by atoms with Crippen molar-refractivity contribution in [2.75, 3.05) is 5.01 Å². The SMILES string of the molecule is NN(C(=O)C=Cc1ccccc1)c1nc(-c2ccccc2)c(-c2ccc(Cl)cc2)s1. The molecule has 30 heavy (non-hydrogen) atoms. The van der Waals surface area contributed by atoms with E-state index in [1.807, 2.05) is 84.9 Å². The third kappa shape index (κ3) is 4.49. The smallest absolute Gasteiger partial charge is 0.267 e. The van der Waals surface area contributed by atoms with Crippen LogP contribution in [0.3, 0.4) is 0 Å². The molecule has 1 amide bonds. The molecule has 148 valence electrons. The van der Waals surface area contributed by atoms with Crippen LogP contribution in [0.25, 0.3) is 27.8 Å². The van der Waals surface area contributed by atoms with Crippen LogP contribution in [0.5, 0.6) is 0 Å². The summed E-state index contributed by atoms with van der Waals surface area (Å²) in [5, 5.41) is 2.16. The molecule has 0 aliphatic heterocycles. The Balaban J connectivity index is 1.69. The first-order chi connectivity index (χ1) is 14.6. The summed E-state index contributed by atoms with van der Waals surface area (Å²) >= 11 is 7.41. The first-order valence-corrected chi connectivity index (χ1v) is 10.5. The Labute approximate surface area is 183 Å². The van der Waals surface area contributed by atoms with E-state index in [-0.39, 0.29) is 5.91 Å². The lowest BCUT2D eigenvalue weighted by atomic mass is 10.1. The summed E-state index contributed by atoms with van der Waals surface area (Å²) in [6.45, 7) is 0. The van der Waals surface area contributed by atoms with Crippen molar-refractivity contribution in [2.45, 2.75) is 0 Å². The molecule has 1 heterocycles. The number of hydrazine groups is 1. The summed E-state index contributed by atoms with van der Waals surface area (Å²) < 4.78 is 0. The molecule has 0 aliphatic rings. The summed E-state index contributed by atoms with van der Waals surface area (Å²) in [5.74, 6) is 5.77. The number of halogens is 1. The number of hydrogen-bond acceptors (Lipinski definition) is 4. The van der Waals surface area contributed by atoms with E-state index >= 15 is 0 Å². The van der Waals surface area contributed by atoms with Gasteiger partial charge in [-0.05, 0) is 29.3 Å². The minimum atomic E-state index is -0.352. The van der Waals surface area contributed by atoms with Crippen LogP contribution in [-0.4, -0.2) is 10.9 Å². The molecule has 0 radical (unpaired) electrons. The molecule has 0 spiro atoms. The van der Waals surface area contributed by atoms with Crippen LogP contribution in [-0.2, 0) is 4.79 Å². The molecule has 0 fully saturated rings. The average molecular weight is 432 g/mol. The number of nitrogens with two attached hydrogens (primary N) is 1. The van der Waals surface area contributed by atoms with Gasteiger partial charge in [0, 0.05) is 16.7 Å². The molecule has 0 aliphatic carbocycles. The zero-order chi connectivity index (χ0) is 20.9. The van der Waals surface area contributed by atoms with E-state index in [0.717, 1.165) is 32.3 Å². The molecular formula is C24H18ClN3OS. The number of carbonyl (C=O) groups is 1. The predicted octanol–water partition coefficient (Wildman–Crippen LogP) is 6.05. The van der Waals surface area contributed by atoms with Crippen LogP contribution in [0.1, 0.15) is 5.56 Å². The maximum absolute atomic E-state index is 12.6. The topological polar surface area (TPSA) is 59.2 Å². The highest BCUT2D eigenvalue weighted by Crippen LogP contribution is 2.40.